The van der Waals surface area contributed by atoms with E-state index >= 15 is 0 Å². The number of piperazine rings is 1. The third kappa shape index (κ3) is 6.19. The van der Waals surface area contributed by atoms with Crippen LogP contribution in [0.3, 0.4) is 0 Å². The van der Waals surface area contributed by atoms with Crippen molar-refractivity contribution in [2.75, 3.05) is 49.9 Å². The summed E-state index contributed by atoms with van der Waals surface area (Å²) in [6, 6.07) is 7.13. The molecule has 27 heavy (non-hydrogen) atoms. The minimum atomic E-state index is -0.115. The molecule has 8 heteroatoms. The predicted molar refractivity (Wildman–Crippen MR) is 104 cm³/mol. The first-order valence-electron chi connectivity index (χ1n) is 9.16. The Labute approximate surface area is 159 Å². The zero-order valence-corrected chi connectivity index (χ0v) is 15.6. The van der Waals surface area contributed by atoms with E-state index in [0.717, 1.165) is 45.0 Å². The maximum atomic E-state index is 12.3. The Hall–Kier alpha value is -2.71. The number of hydrogen-bond acceptors (Lipinski definition) is 5. The van der Waals surface area contributed by atoms with Gasteiger partial charge < -0.3 is 15.2 Å². The molecule has 1 aliphatic heterocycles. The predicted octanol–water partition coefficient (Wildman–Crippen LogP) is 1.10. The van der Waals surface area contributed by atoms with Crippen molar-refractivity contribution in [1.29, 1.82) is 0 Å². The zero-order chi connectivity index (χ0) is 19.1. The van der Waals surface area contributed by atoms with Crippen molar-refractivity contribution in [1.82, 2.24) is 19.4 Å². The fourth-order valence-corrected chi connectivity index (χ4v) is 3.09. The standard InChI is InChI=1S/C19H26N6O2/c1-16(26)21-17-2-4-18(5-3-17)22-19(27)14-24-11-8-23(9-12-24)10-13-25-7-6-20-15-25/h2-7,15H,8-14H2,1H3,(H,21,26)(H,22,27). The second-order valence-electron chi connectivity index (χ2n) is 6.73. The van der Waals surface area contributed by atoms with E-state index in [1.165, 1.54) is 6.92 Å². The van der Waals surface area contributed by atoms with Crippen LogP contribution in [0.25, 0.3) is 0 Å². The highest BCUT2D eigenvalue weighted by atomic mass is 16.2. The summed E-state index contributed by atoms with van der Waals surface area (Å²) >= 11 is 0. The summed E-state index contributed by atoms with van der Waals surface area (Å²) in [5, 5.41) is 5.61. The zero-order valence-electron chi connectivity index (χ0n) is 15.6. The van der Waals surface area contributed by atoms with Crippen molar-refractivity contribution < 1.29 is 9.59 Å². The molecule has 1 fully saturated rings. The molecule has 0 radical (unpaired) electrons. The molecular weight excluding hydrogens is 344 g/mol. The van der Waals surface area contributed by atoms with E-state index in [1.54, 1.807) is 30.5 Å². The molecule has 1 aliphatic rings. The highest BCUT2D eigenvalue weighted by molar-refractivity contribution is 5.93. The second-order valence-corrected chi connectivity index (χ2v) is 6.73. The Kier molecular flexibility index (Phi) is 6.56. The van der Waals surface area contributed by atoms with Gasteiger partial charge in [0.25, 0.3) is 0 Å². The Morgan fingerprint density at radius 3 is 2.19 bits per heavy atom. The van der Waals surface area contributed by atoms with Crippen molar-refractivity contribution >= 4 is 23.2 Å². The quantitative estimate of drug-likeness (QED) is 0.763. The largest absolute Gasteiger partial charge is 0.336 e. The number of aromatic nitrogens is 2. The average molecular weight is 370 g/mol. The Bertz CT molecular complexity index is 736. The summed E-state index contributed by atoms with van der Waals surface area (Å²) in [6.45, 7) is 7.50. The van der Waals surface area contributed by atoms with Crippen molar-refractivity contribution in [3.05, 3.63) is 43.0 Å². The second kappa shape index (κ2) is 9.29. The molecule has 2 heterocycles. The Morgan fingerprint density at radius 2 is 1.59 bits per heavy atom. The van der Waals surface area contributed by atoms with E-state index in [1.807, 2.05) is 12.5 Å². The van der Waals surface area contributed by atoms with E-state index in [-0.39, 0.29) is 11.8 Å². The molecule has 0 aliphatic carbocycles. The normalized spacial score (nSPS) is 15.4. The fourth-order valence-electron chi connectivity index (χ4n) is 3.09. The smallest absolute Gasteiger partial charge is 0.238 e. The highest BCUT2D eigenvalue weighted by Gasteiger charge is 2.18. The number of benzene rings is 1. The van der Waals surface area contributed by atoms with E-state index in [2.05, 4.69) is 30.0 Å². The van der Waals surface area contributed by atoms with Gasteiger partial charge in [-0.2, -0.15) is 0 Å². The van der Waals surface area contributed by atoms with Gasteiger partial charge in [0.15, 0.2) is 0 Å². The summed E-state index contributed by atoms with van der Waals surface area (Å²) in [5.74, 6) is -0.134. The van der Waals surface area contributed by atoms with E-state index in [9.17, 15) is 9.59 Å². The van der Waals surface area contributed by atoms with E-state index in [4.69, 9.17) is 0 Å². The molecule has 2 amide bonds. The van der Waals surface area contributed by atoms with Crippen molar-refractivity contribution in [2.24, 2.45) is 0 Å². The molecular formula is C19H26N6O2. The number of nitrogens with zero attached hydrogens (tertiary/aromatic N) is 4. The molecule has 0 bridgehead atoms. The van der Waals surface area contributed by atoms with Crippen LogP contribution < -0.4 is 10.6 Å². The van der Waals surface area contributed by atoms with Crippen LogP contribution in [0.5, 0.6) is 0 Å². The average Bonchev–Trinajstić information content (AvgIpc) is 3.16. The minimum absolute atomic E-state index is 0.0193. The summed E-state index contributed by atoms with van der Waals surface area (Å²) in [5.41, 5.74) is 1.44. The third-order valence-electron chi connectivity index (χ3n) is 4.55. The topological polar surface area (TPSA) is 82.5 Å². The van der Waals surface area contributed by atoms with Crippen LogP contribution in [0, 0.1) is 0 Å². The van der Waals surface area contributed by atoms with Gasteiger partial charge in [-0.25, -0.2) is 4.98 Å². The number of anilines is 2. The van der Waals surface area contributed by atoms with E-state index in [0.29, 0.717) is 12.2 Å². The monoisotopic (exact) mass is 370 g/mol. The van der Waals surface area contributed by atoms with Gasteiger partial charge in [-0.15, -0.1) is 0 Å². The van der Waals surface area contributed by atoms with Gasteiger partial charge in [-0.3, -0.25) is 19.4 Å². The molecule has 0 unspecified atom stereocenters. The van der Waals surface area contributed by atoms with Crippen molar-refractivity contribution in [2.45, 2.75) is 13.5 Å². The molecule has 2 N–H and O–H groups in total. The first-order valence-corrected chi connectivity index (χ1v) is 9.16. The lowest BCUT2D eigenvalue weighted by atomic mass is 10.2. The summed E-state index contributed by atoms with van der Waals surface area (Å²) < 4.78 is 2.08. The maximum absolute atomic E-state index is 12.3. The minimum Gasteiger partial charge on any atom is -0.336 e. The lowest BCUT2D eigenvalue weighted by Crippen LogP contribution is -2.49. The summed E-state index contributed by atoms with van der Waals surface area (Å²) in [4.78, 5) is 31.9. The molecule has 1 aromatic heterocycles. The van der Waals surface area contributed by atoms with Gasteiger partial charge in [-0.05, 0) is 24.3 Å². The van der Waals surface area contributed by atoms with Crippen LogP contribution in [0.15, 0.2) is 43.0 Å². The molecule has 0 atom stereocenters. The molecule has 2 aromatic rings. The van der Waals surface area contributed by atoms with Crippen molar-refractivity contribution in [3.63, 3.8) is 0 Å². The molecule has 144 valence electrons. The van der Waals surface area contributed by atoms with Crippen LogP contribution >= 0.6 is 0 Å². The number of carbonyl (C=O) groups excluding carboxylic acids is 2. The first kappa shape index (κ1) is 19.1. The maximum Gasteiger partial charge on any atom is 0.238 e. The molecule has 1 saturated heterocycles. The SMILES string of the molecule is CC(=O)Nc1ccc(NC(=O)CN2CCN(CCn3ccnc3)CC2)cc1. The molecule has 0 spiro atoms. The Balaban J connectivity index is 1.37. The van der Waals surface area contributed by atoms with Crippen LogP contribution in [-0.2, 0) is 16.1 Å². The third-order valence-corrected chi connectivity index (χ3v) is 4.55. The molecule has 8 nitrogen and oxygen atoms in total. The van der Waals surface area contributed by atoms with E-state index < -0.39 is 0 Å². The number of nitrogens with one attached hydrogen (secondary N) is 2. The summed E-state index contributed by atoms with van der Waals surface area (Å²) in [7, 11) is 0. The van der Waals surface area contributed by atoms with Crippen LogP contribution in [0.2, 0.25) is 0 Å². The van der Waals surface area contributed by atoms with Crippen LogP contribution in [0.4, 0.5) is 11.4 Å². The number of rotatable bonds is 7. The van der Waals surface area contributed by atoms with Crippen molar-refractivity contribution in [3.8, 4) is 0 Å². The van der Waals surface area contributed by atoms with Gasteiger partial charge in [-0.1, -0.05) is 0 Å². The van der Waals surface area contributed by atoms with Gasteiger partial charge >= 0.3 is 0 Å². The van der Waals surface area contributed by atoms with Gasteiger partial charge in [0.2, 0.25) is 11.8 Å². The number of hydrogen-bond donors (Lipinski definition) is 2. The lowest BCUT2D eigenvalue weighted by Gasteiger charge is -2.34. The molecule has 1 aromatic carbocycles. The number of amides is 2. The van der Waals surface area contributed by atoms with Gasteiger partial charge in [0.1, 0.15) is 0 Å². The fraction of sp³-hybridized carbons (Fsp3) is 0.421. The van der Waals surface area contributed by atoms with Crippen LogP contribution in [0.1, 0.15) is 6.92 Å². The number of carbonyl (C=O) groups is 2. The Morgan fingerprint density at radius 1 is 0.963 bits per heavy atom. The summed E-state index contributed by atoms with van der Waals surface area (Å²) in [6.07, 6.45) is 5.61. The first-order chi connectivity index (χ1) is 13.1. The van der Waals surface area contributed by atoms with Gasteiger partial charge in [0.05, 0.1) is 12.9 Å². The lowest BCUT2D eigenvalue weighted by molar-refractivity contribution is -0.117. The molecule has 3 rings (SSSR count). The highest BCUT2D eigenvalue weighted by Crippen LogP contribution is 2.13. The van der Waals surface area contributed by atoms with Gasteiger partial charge in [0, 0.05) is 70.0 Å². The number of imidazole rings is 1. The molecule has 0 saturated carbocycles. The van der Waals surface area contributed by atoms with Crippen LogP contribution in [-0.4, -0.2) is 70.4 Å².